The summed E-state index contributed by atoms with van der Waals surface area (Å²) in [6, 6.07) is 10.9. The molecule has 232 valence electrons. The predicted octanol–water partition coefficient (Wildman–Crippen LogP) is 3.67. The summed E-state index contributed by atoms with van der Waals surface area (Å²) in [6.45, 7) is 8.33. The van der Waals surface area contributed by atoms with Gasteiger partial charge in [-0.2, -0.15) is 13.2 Å². The van der Waals surface area contributed by atoms with Gasteiger partial charge >= 0.3 is 6.18 Å². The number of pyridine rings is 1. The smallest absolute Gasteiger partial charge is 0.390 e. The van der Waals surface area contributed by atoms with Gasteiger partial charge in [0.2, 0.25) is 10.0 Å². The number of ether oxygens (including phenoxy) is 2. The highest BCUT2D eigenvalue weighted by Crippen LogP contribution is 2.29. The van der Waals surface area contributed by atoms with E-state index >= 15 is 0 Å². The van der Waals surface area contributed by atoms with Crippen LogP contribution >= 0.6 is 0 Å². The van der Waals surface area contributed by atoms with Crippen molar-refractivity contribution < 1.29 is 35.9 Å². The lowest BCUT2D eigenvalue weighted by Crippen LogP contribution is -2.46. The number of sulfonamides is 1. The number of hydrogen-bond acceptors (Lipinski definition) is 10. The Morgan fingerprint density at radius 2 is 1.63 bits per heavy atom. The molecular weight excluding hydrogens is 589 g/mol. The number of carbonyl (C=O) groups excluding carboxylic acids is 1. The summed E-state index contributed by atoms with van der Waals surface area (Å²) in [4.78, 5) is 20.8. The second-order valence-corrected chi connectivity index (χ2v) is 11.6. The molecule has 11 nitrogen and oxygen atoms in total. The molecule has 1 aliphatic heterocycles. The first-order chi connectivity index (χ1) is 20.4. The van der Waals surface area contributed by atoms with E-state index < -0.39 is 34.3 Å². The number of nitrogens with zero attached hydrogens (tertiary/aromatic N) is 5. The molecule has 1 saturated heterocycles. The van der Waals surface area contributed by atoms with Crippen LogP contribution in [0.4, 0.5) is 19.0 Å². The van der Waals surface area contributed by atoms with E-state index in [2.05, 4.69) is 26.1 Å². The molecule has 1 amide bonds. The van der Waals surface area contributed by atoms with Gasteiger partial charge in [0.1, 0.15) is 11.5 Å². The van der Waals surface area contributed by atoms with E-state index in [1.54, 1.807) is 17.1 Å². The Morgan fingerprint density at radius 3 is 2.28 bits per heavy atom. The summed E-state index contributed by atoms with van der Waals surface area (Å²) in [5, 5.41) is 7.82. The van der Waals surface area contributed by atoms with Gasteiger partial charge in [-0.1, -0.05) is 0 Å². The molecule has 0 saturated carbocycles. The van der Waals surface area contributed by atoms with Gasteiger partial charge in [-0.3, -0.25) is 14.7 Å². The molecule has 1 aromatic carbocycles. The third-order valence-corrected chi connectivity index (χ3v) is 7.76. The van der Waals surface area contributed by atoms with Gasteiger partial charge in [0.05, 0.1) is 31.6 Å². The molecule has 0 aliphatic carbocycles. The minimum absolute atomic E-state index is 0.315. The lowest BCUT2D eigenvalue weighted by atomic mass is 10.0. The van der Waals surface area contributed by atoms with Crippen LogP contribution in [0.5, 0.6) is 11.5 Å². The lowest BCUT2D eigenvalue weighted by Gasteiger charge is -2.35. The summed E-state index contributed by atoms with van der Waals surface area (Å²) in [5.74, 6) is -0.433. The van der Waals surface area contributed by atoms with Crippen LogP contribution in [0, 0.1) is 0 Å². The van der Waals surface area contributed by atoms with Crippen LogP contribution in [0.3, 0.4) is 0 Å². The molecule has 1 N–H and O–H groups in total. The van der Waals surface area contributed by atoms with E-state index in [-0.39, 0.29) is 5.69 Å². The highest BCUT2D eigenvalue weighted by atomic mass is 32.2. The molecule has 3 aromatic rings. The van der Waals surface area contributed by atoms with E-state index in [9.17, 15) is 26.4 Å². The molecule has 1 aliphatic rings. The van der Waals surface area contributed by atoms with Crippen molar-refractivity contribution in [3.63, 3.8) is 0 Å². The lowest BCUT2D eigenvalue weighted by molar-refractivity contribution is -0.130. The SMILES string of the molecule is CCOc1cncc(-c2cc(CN3CCN(c4ccc(C(=O)NS(=O)(=O)CCC(F)(F)F)nn4)CC3)cc(OCC)c2)c1. The highest BCUT2D eigenvalue weighted by Gasteiger charge is 2.31. The summed E-state index contributed by atoms with van der Waals surface area (Å²) in [5.41, 5.74) is 2.66. The molecule has 3 heterocycles. The third kappa shape index (κ3) is 9.51. The quantitative estimate of drug-likeness (QED) is 0.320. The monoisotopic (exact) mass is 622 g/mol. The minimum Gasteiger partial charge on any atom is -0.494 e. The molecule has 43 heavy (non-hydrogen) atoms. The van der Waals surface area contributed by atoms with Crippen LogP contribution in [0.2, 0.25) is 0 Å². The average Bonchev–Trinajstić information content (AvgIpc) is 2.97. The van der Waals surface area contributed by atoms with Crippen molar-refractivity contribution in [3.05, 3.63) is 60.0 Å². The van der Waals surface area contributed by atoms with Crippen LogP contribution in [-0.4, -0.2) is 85.7 Å². The third-order valence-electron chi connectivity index (χ3n) is 6.52. The molecule has 4 rings (SSSR count). The molecule has 1 fully saturated rings. The summed E-state index contributed by atoms with van der Waals surface area (Å²) in [6.07, 6.45) is -2.75. The fraction of sp³-hybridized carbons (Fsp3) is 0.429. The number of aromatic nitrogens is 3. The Hall–Kier alpha value is -3.98. The van der Waals surface area contributed by atoms with Gasteiger partial charge in [0.15, 0.2) is 11.5 Å². The van der Waals surface area contributed by atoms with Crippen molar-refractivity contribution in [1.82, 2.24) is 24.8 Å². The Balaban J connectivity index is 1.35. The van der Waals surface area contributed by atoms with Crippen molar-refractivity contribution in [3.8, 4) is 22.6 Å². The number of alkyl halides is 3. The minimum atomic E-state index is -4.66. The van der Waals surface area contributed by atoms with E-state index in [1.165, 1.54) is 12.1 Å². The fourth-order valence-electron chi connectivity index (χ4n) is 4.49. The number of hydrogen-bond donors (Lipinski definition) is 1. The topological polar surface area (TPSA) is 127 Å². The average molecular weight is 623 g/mol. The first kappa shape index (κ1) is 31.9. The maximum Gasteiger partial charge on any atom is 0.390 e. The number of amides is 1. The number of carbonyl (C=O) groups is 1. The van der Waals surface area contributed by atoms with Crippen LogP contribution in [-0.2, 0) is 16.6 Å². The maximum atomic E-state index is 12.3. The second-order valence-electron chi connectivity index (χ2n) is 9.80. The molecule has 0 bridgehead atoms. The van der Waals surface area contributed by atoms with Gasteiger partial charge in [0, 0.05) is 44.5 Å². The number of anilines is 1. The van der Waals surface area contributed by atoms with Crippen molar-refractivity contribution in [1.29, 1.82) is 0 Å². The Labute approximate surface area is 248 Å². The van der Waals surface area contributed by atoms with Gasteiger partial charge in [-0.25, -0.2) is 13.1 Å². The summed E-state index contributed by atoms with van der Waals surface area (Å²) in [7, 11) is -4.47. The Bertz CT molecular complexity index is 1500. The van der Waals surface area contributed by atoms with Crippen LogP contribution in [0.25, 0.3) is 11.1 Å². The molecular formula is C28H33F3N6O5S. The van der Waals surface area contributed by atoms with E-state index in [4.69, 9.17) is 9.47 Å². The fourth-order valence-corrected chi connectivity index (χ4v) is 5.48. The standard InChI is InChI=1S/C28H33F3N6O5S/c1-3-41-23-14-20(13-21(15-23)22-16-24(42-4-2)18-32-17-22)19-36-8-10-37(11-9-36)26-6-5-25(33-34-26)27(38)35-43(39,40)12-7-28(29,30)31/h5-6,13-18H,3-4,7-12,19H2,1-2H3,(H,35,38). The molecule has 2 aromatic heterocycles. The number of nitrogens with one attached hydrogen (secondary N) is 1. The molecule has 0 atom stereocenters. The predicted molar refractivity (Wildman–Crippen MR) is 153 cm³/mol. The van der Waals surface area contributed by atoms with Crippen molar-refractivity contribution >= 4 is 21.7 Å². The number of rotatable bonds is 12. The van der Waals surface area contributed by atoms with Gasteiger partial charge < -0.3 is 14.4 Å². The zero-order chi connectivity index (χ0) is 31.0. The van der Waals surface area contributed by atoms with Gasteiger partial charge in [-0.05, 0) is 61.4 Å². The van der Waals surface area contributed by atoms with Crippen molar-refractivity contribution in [2.45, 2.75) is 33.0 Å². The molecule has 0 radical (unpaired) electrons. The Kier molecular flexibility index (Phi) is 10.4. The largest absolute Gasteiger partial charge is 0.494 e. The molecule has 0 unspecified atom stereocenters. The van der Waals surface area contributed by atoms with Crippen LogP contribution < -0.4 is 19.1 Å². The normalized spacial score (nSPS) is 14.4. The number of piperazine rings is 1. The van der Waals surface area contributed by atoms with Crippen molar-refractivity contribution in [2.75, 3.05) is 50.0 Å². The van der Waals surface area contributed by atoms with Gasteiger partial charge in [-0.15, -0.1) is 10.2 Å². The first-order valence-electron chi connectivity index (χ1n) is 13.7. The van der Waals surface area contributed by atoms with E-state index in [1.807, 2.05) is 36.9 Å². The second kappa shape index (κ2) is 14.0. The summed E-state index contributed by atoms with van der Waals surface area (Å²) < 4.78 is 73.7. The molecule has 15 heteroatoms. The maximum absolute atomic E-state index is 12.3. The first-order valence-corrected chi connectivity index (χ1v) is 15.4. The van der Waals surface area contributed by atoms with Gasteiger partial charge in [0.25, 0.3) is 5.91 Å². The zero-order valence-electron chi connectivity index (χ0n) is 23.8. The van der Waals surface area contributed by atoms with Crippen molar-refractivity contribution in [2.24, 2.45) is 0 Å². The molecule has 0 spiro atoms. The van der Waals surface area contributed by atoms with E-state index in [0.717, 1.165) is 35.5 Å². The Morgan fingerprint density at radius 1 is 0.930 bits per heavy atom. The number of halogens is 3. The summed E-state index contributed by atoms with van der Waals surface area (Å²) >= 11 is 0. The van der Waals surface area contributed by atoms with E-state index in [0.29, 0.717) is 44.4 Å². The zero-order valence-corrected chi connectivity index (χ0v) is 24.6. The van der Waals surface area contributed by atoms with Crippen LogP contribution in [0.1, 0.15) is 36.3 Å². The van der Waals surface area contributed by atoms with Crippen LogP contribution in [0.15, 0.2) is 48.8 Å². The highest BCUT2D eigenvalue weighted by molar-refractivity contribution is 7.90. The number of benzene rings is 1.